The number of hydrogen-bond donors (Lipinski definition) is 0. The second kappa shape index (κ2) is 8.60. The van der Waals surface area contributed by atoms with Crippen LogP contribution >= 0.6 is 11.3 Å². The number of rotatable bonds is 7. The van der Waals surface area contributed by atoms with Gasteiger partial charge in [0.25, 0.3) is 0 Å². The number of aromatic nitrogens is 1. The number of benzene rings is 2. The molecule has 27 heavy (non-hydrogen) atoms. The number of ether oxygens (including phenoxy) is 2. The second-order valence-corrected chi connectivity index (χ2v) is 6.83. The summed E-state index contributed by atoms with van der Waals surface area (Å²) in [4.78, 5) is 28.1. The first-order chi connectivity index (χ1) is 13.1. The minimum atomic E-state index is -0.482. The van der Waals surface area contributed by atoms with Gasteiger partial charge >= 0.3 is 5.97 Å². The molecule has 0 N–H and O–H groups in total. The molecular formula is C21H19NO4S. The number of Topliss-reactive ketones (excluding diaryl/α,β-unsaturated/α-hetero) is 1. The fourth-order valence-electron chi connectivity index (χ4n) is 2.51. The number of para-hydroxylation sites is 1. The standard InChI is InChI=1S/C21H19NO4S/c1-3-25-18-9-8-15(14(2)23)12-16(18)13-26-21(24)11-10-20-22-17-6-4-5-7-19(17)27-20/h4-12H,3,13H2,1-2H3/b11-10+. The third-order valence-corrected chi connectivity index (χ3v) is 4.81. The summed E-state index contributed by atoms with van der Waals surface area (Å²) in [5.74, 6) is 0.0664. The van der Waals surface area contributed by atoms with E-state index in [0.717, 1.165) is 15.2 Å². The highest BCUT2D eigenvalue weighted by atomic mass is 32.1. The molecule has 0 saturated carbocycles. The zero-order valence-corrected chi connectivity index (χ0v) is 15.9. The van der Waals surface area contributed by atoms with Gasteiger partial charge in [-0.1, -0.05) is 12.1 Å². The smallest absolute Gasteiger partial charge is 0.331 e. The first-order valence-electron chi connectivity index (χ1n) is 8.54. The van der Waals surface area contributed by atoms with Crippen LogP contribution < -0.4 is 4.74 Å². The van der Waals surface area contributed by atoms with Crippen LogP contribution in [0.2, 0.25) is 0 Å². The molecule has 3 aromatic rings. The second-order valence-electron chi connectivity index (χ2n) is 5.77. The number of nitrogens with zero attached hydrogens (tertiary/aromatic N) is 1. The highest BCUT2D eigenvalue weighted by Crippen LogP contribution is 2.23. The van der Waals surface area contributed by atoms with Crippen LogP contribution in [0.1, 0.15) is 34.8 Å². The number of hydrogen-bond acceptors (Lipinski definition) is 6. The molecule has 0 unspecified atom stereocenters. The van der Waals surface area contributed by atoms with Crippen LogP contribution in [0.4, 0.5) is 0 Å². The summed E-state index contributed by atoms with van der Waals surface area (Å²) in [6, 6.07) is 12.9. The van der Waals surface area contributed by atoms with Gasteiger partial charge in [0.15, 0.2) is 5.78 Å². The number of ketones is 1. The minimum absolute atomic E-state index is 0.0273. The predicted molar refractivity (Wildman–Crippen MR) is 106 cm³/mol. The first kappa shape index (κ1) is 18.8. The predicted octanol–water partition coefficient (Wildman–Crippen LogP) is 4.65. The van der Waals surface area contributed by atoms with Gasteiger partial charge in [0.05, 0.1) is 16.8 Å². The molecule has 0 radical (unpaired) electrons. The third-order valence-electron chi connectivity index (χ3n) is 3.81. The highest BCUT2D eigenvalue weighted by molar-refractivity contribution is 7.19. The largest absolute Gasteiger partial charge is 0.493 e. The molecule has 0 aliphatic rings. The first-order valence-corrected chi connectivity index (χ1v) is 9.35. The van der Waals surface area contributed by atoms with E-state index in [0.29, 0.717) is 23.5 Å². The van der Waals surface area contributed by atoms with Gasteiger partial charge in [-0.3, -0.25) is 4.79 Å². The van der Waals surface area contributed by atoms with Gasteiger partial charge in [-0.15, -0.1) is 11.3 Å². The Morgan fingerprint density at radius 1 is 1.19 bits per heavy atom. The topological polar surface area (TPSA) is 65.5 Å². The van der Waals surface area contributed by atoms with Gasteiger partial charge < -0.3 is 9.47 Å². The summed E-state index contributed by atoms with van der Waals surface area (Å²) in [5.41, 5.74) is 2.11. The van der Waals surface area contributed by atoms with Crippen molar-refractivity contribution < 1.29 is 19.1 Å². The molecule has 0 atom stereocenters. The van der Waals surface area contributed by atoms with Crippen LogP contribution in [0.3, 0.4) is 0 Å². The fraction of sp³-hybridized carbons (Fsp3) is 0.190. The van der Waals surface area contributed by atoms with E-state index in [2.05, 4.69) is 4.98 Å². The molecule has 0 fully saturated rings. The quantitative estimate of drug-likeness (QED) is 0.338. The molecule has 1 aromatic heterocycles. The molecule has 3 rings (SSSR count). The van der Waals surface area contributed by atoms with E-state index in [9.17, 15) is 9.59 Å². The molecule has 1 heterocycles. The van der Waals surface area contributed by atoms with E-state index in [1.54, 1.807) is 24.3 Å². The van der Waals surface area contributed by atoms with Crippen LogP contribution in [0.25, 0.3) is 16.3 Å². The van der Waals surface area contributed by atoms with Crippen molar-refractivity contribution in [3.63, 3.8) is 0 Å². The van der Waals surface area contributed by atoms with Gasteiger partial charge in [0.2, 0.25) is 0 Å². The lowest BCUT2D eigenvalue weighted by Gasteiger charge is -2.11. The lowest BCUT2D eigenvalue weighted by Crippen LogP contribution is -2.05. The number of carbonyl (C=O) groups is 2. The molecule has 0 saturated heterocycles. The number of thiazole rings is 1. The van der Waals surface area contributed by atoms with Crippen LogP contribution in [0.5, 0.6) is 5.75 Å². The average molecular weight is 381 g/mol. The number of fused-ring (bicyclic) bond motifs is 1. The van der Waals surface area contributed by atoms with Crippen LogP contribution in [0, 0.1) is 0 Å². The van der Waals surface area contributed by atoms with Crippen LogP contribution in [-0.2, 0) is 16.1 Å². The summed E-state index contributed by atoms with van der Waals surface area (Å²) in [7, 11) is 0. The van der Waals surface area contributed by atoms with E-state index >= 15 is 0 Å². The summed E-state index contributed by atoms with van der Waals surface area (Å²) in [6.45, 7) is 3.87. The molecule has 0 spiro atoms. The zero-order valence-electron chi connectivity index (χ0n) is 15.1. The lowest BCUT2D eigenvalue weighted by molar-refractivity contribution is -0.138. The summed E-state index contributed by atoms with van der Waals surface area (Å²) < 4.78 is 11.9. The van der Waals surface area contributed by atoms with Gasteiger partial charge in [-0.25, -0.2) is 9.78 Å². The van der Waals surface area contributed by atoms with Crippen molar-refractivity contribution in [3.05, 3.63) is 64.7 Å². The molecule has 0 aliphatic heterocycles. The Morgan fingerprint density at radius 2 is 2.00 bits per heavy atom. The van der Waals surface area contributed by atoms with E-state index in [1.807, 2.05) is 31.2 Å². The molecule has 0 aliphatic carbocycles. The van der Waals surface area contributed by atoms with Crippen LogP contribution in [0.15, 0.2) is 48.5 Å². The average Bonchev–Trinajstić information content (AvgIpc) is 3.08. The molecule has 0 amide bonds. The van der Waals surface area contributed by atoms with Crippen molar-refractivity contribution >= 4 is 39.4 Å². The SMILES string of the molecule is CCOc1ccc(C(C)=O)cc1COC(=O)/C=C/c1nc2ccccc2s1. The summed E-state index contributed by atoms with van der Waals surface area (Å²) in [6.07, 6.45) is 3.00. The lowest BCUT2D eigenvalue weighted by atomic mass is 10.1. The number of esters is 1. The number of carbonyl (C=O) groups excluding carboxylic acids is 2. The van der Waals surface area contributed by atoms with E-state index in [1.165, 1.54) is 24.3 Å². The Balaban J connectivity index is 1.67. The Labute approximate surface area is 161 Å². The monoisotopic (exact) mass is 381 g/mol. The van der Waals surface area contributed by atoms with E-state index in [4.69, 9.17) is 9.47 Å². The molecule has 2 aromatic carbocycles. The maximum absolute atomic E-state index is 12.1. The molecule has 5 nitrogen and oxygen atoms in total. The summed E-state index contributed by atoms with van der Waals surface area (Å²) in [5, 5.41) is 0.738. The van der Waals surface area contributed by atoms with Gasteiger partial charge in [-0.05, 0) is 50.3 Å². The highest BCUT2D eigenvalue weighted by Gasteiger charge is 2.10. The molecule has 0 bridgehead atoms. The van der Waals surface area contributed by atoms with Crippen molar-refractivity contribution in [1.29, 1.82) is 0 Å². The normalized spacial score (nSPS) is 11.0. The summed E-state index contributed by atoms with van der Waals surface area (Å²) >= 11 is 1.50. The van der Waals surface area contributed by atoms with E-state index in [-0.39, 0.29) is 12.4 Å². The van der Waals surface area contributed by atoms with Crippen molar-refractivity contribution in [2.75, 3.05) is 6.61 Å². The Hall–Kier alpha value is -2.99. The van der Waals surface area contributed by atoms with Gasteiger partial charge in [-0.2, -0.15) is 0 Å². The van der Waals surface area contributed by atoms with Gasteiger partial charge in [0, 0.05) is 17.2 Å². The van der Waals surface area contributed by atoms with Crippen molar-refractivity contribution in [1.82, 2.24) is 4.98 Å². The third kappa shape index (κ3) is 4.80. The minimum Gasteiger partial charge on any atom is -0.493 e. The molecular weight excluding hydrogens is 362 g/mol. The molecule has 6 heteroatoms. The van der Waals surface area contributed by atoms with E-state index < -0.39 is 5.97 Å². The zero-order chi connectivity index (χ0) is 19.2. The van der Waals surface area contributed by atoms with Gasteiger partial charge in [0.1, 0.15) is 17.4 Å². The maximum Gasteiger partial charge on any atom is 0.331 e. The molecule has 138 valence electrons. The van der Waals surface area contributed by atoms with Crippen molar-refractivity contribution in [2.45, 2.75) is 20.5 Å². The Kier molecular flexibility index (Phi) is 5.98. The van der Waals surface area contributed by atoms with Crippen molar-refractivity contribution in [2.24, 2.45) is 0 Å². The van der Waals surface area contributed by atoms with Crippen molar-refractivity contribution in [3.8, 4) is 5.75 Å². The Bertz CT molecular complexity index is 973. The maximum atomic E-state index is 12.1. The fourth-order valence-corrected chi connectivity index (χ4v) is 3.38. The Morgan fingerprint density at radius 3 is 2.74 bits per heavy atom. The van der Waals surface area contributed by atoms with Crippen LogP contribution in [-0.4, -0.2) is 23.3 Å².